The summed E-state index contributed by atoms with van der Waals surface area (Å²) in [6.07, 6.45) is 5.39. The number of allylic oxidation sites excluding steroid dienone is 1. The molecule has 2 rings (SSSR count). The van der Waals surface area contributed by atoms with Gasteiger partial charge in [-0.15, -0.1) is 0 Å². The van der Waals surface area contributed by atoms with Crippen LogP contribution in [-0.4, -0.2) is 27.7 Å². The molecule has 0 fully saturated rings. The molecule has 0 radical (unpaired) electrons. The number of aliphatic carboxylic acids is 1. The van der Waals surface area contributed by atoms with E-state index in [0.29, 0.717) is 11.6 Å². The Morgan fingerprint density at radius 1 is 1.24 bits per heavy atom. The molecule has 0 atom stereocenters. The van der Waals surface area contributed by atoms with E-state index < -0.39 is 5.97 Å². The highest BCUT2D eigenvalue weighted by Gasteiger charge is 2.00. The van der Waals surface area contributed by atoms with Crippen LogP contribution in [0.4, 0.5) is 0 Å². The van der Waals surface area contributed by atoms with E-state index in [4.69, 9.17) is 9.84 Å². The molecule has 2 aromatic rings. The van der Waals surface area contributed by atoms with Crippen LogP contribution in [0.5, 0.6) is 5.75 Å². The highest BCUT2D eigenvalue weighted by Crippen LogP contribution is 2.17. The lowest BCUT2D eigenvalue weighted by atomic mass is 10.1. The Bertz CT molecular complexity index is 622. The minimum absolute atomic E-state index is 0.00783. The summed E-state index contributed by atoms with van der Waals surface area (Å²) in [6.45, 7) is 2.12. The number of benzene rings is 1. The van der Waals surface area contributed by atoms with E-state index in [1.165, 1.54) is 0 Å². The van der Waals surface area contributed by atoms with Crippen molar-refractivity contribution >= 4 is 17.6 Å². The van der Waals surface area contributed by atoms with Crippen LogP contribution in [0.1, 0.15) is 24.7 Å². The van der Waals surface area contributed by atoms with Crippen LogP contribution >= 0.6 is 0 Å². The number of aromatic nitrogens is 2. The van der Waals surface area contributed by atoms with Gasteiger partial charge in [-0.1, -0.05) is 12.1 Å². The van der Waals surface area contributed by atoms with Gasteiger partial charge in [0.05, 0.1) is 13.0 Å². The van der Waals surface area contributed by atoms with E-state index in [0.717, 1.165) is 11.1 Å². The van der Waals surface area contributed by atoms with Gasteiger partial charge in [-0.25, -0.2) is 9.97 Å². The van der Waals surface area contributed by atoms with Crippen molar-refractivity contribution in [3.8, 4) is 5.75 Å². The summed E-state index contributed by atoms with van der Waals surface area (Å²) in [5.41, 5.74) is 1.97. The van der Waals surface area contributed by atoms with Gasteiger partial charge in [0.2, 0.25) is 0 Å². The maximum absolute atomic E-state index is 10.4. The molecular formula is C16H16N2O3. The number of carboxylic acids is 1. The van der Waals surface area contributed by atoms with Crippen molar-refractivity contribution in [2.24, 2.45) is 0 Å². The number of ether oxygens (including phenoxy) is 1. The Hall–Kier alpha value is -2.69. The number of rotatable bonds is 6. The Morgan fingerprint density at radius 3 is 2.52 bits per heavy atom. The molecule has 1 aromatic carbocycles. The Labute approximate surface area is 122 Å². The molecule has 5 heteroatoms. The van der Waals surface area contributed by atoms with Crippen LogP contribution in [-0.2, 0) is 4.79 Å². The third-order valence-electron chi connectivity index (χ3n) is 2.77. The topological polar surface area (TPSA) is 72.3 Å². The fraction of sp³-hybridized carbons (Fsp3) is 0.188. The third kappa shape index (κ3) is 4.72. The van der Waals surface area contributed by atoms with Gasteiger partial charge in [0.1, 0.15) is 5.75 Å². The monoisotopic (exact) mass is 284 g/mol. The number of nitrogens with zero attached hydrogens (tertiary/aromatic N) is 2. The number of hydrogen-bond donors (Lipinski definition) is 1. The molecule has 0 aliphatic carbocycles. The zero-order chi connectivity index (χ0) is 15.1. The Kier molecular flexibility index (Phi) is 5.04. The molecule has 21 heavy (non-hydrogen) atoms. The quantitative estimate of drug-likeness (QED) is 0.883. The lowest BCUT2D eigenvalue weighted by molar-refractivity contribution is -0.137. The summed E-state index contributed by atoms with van der Waals surface area (Å²) in [4.78, 5) is 18.8. The summed E-state index contributed by atoms with van der Waals surface area (Å²) in [7, 11) is 0. The Morgan fingerprint density at radius 2 is 1.90 bits per heavy atom. The van der Waals surface area contributed by atoms with E-state index >= 15 is 0 Å². The molecule has 5 nitrogen and oxygen atoms in total. The van der Waals surface area contributed by atoms with E-state index in [-0.39, 0.29) is 13.0 Å². The van der Waals surface area contributed by atoms with Crippen LogP contribution in [0.25, 0.3) is 11.6 Å². The van der Waals surface area contributed by atoms with Gasteiger partial charge in [0.25, 0.3) is 0 Å². The standard InChI is InChI=1S/C16H16N2O3/c1-12(16-17-8-2-9-18-16)11-13-3-5-14(6-4-13)21-10-7-15(19)20/h2-6,8-9,11H,7,10H2,1H3,(H,19,20)/b12-11-. The predicted octanol–water partition coefficient (Wildman–Crippen LogP) is 2.89. The van der Waals surface area contributed by atoms with Gasteiger partial charge in [-0.2, -0.15) is 0 Å². The molecule has 0 aliphatic heterocycles. The first-order valence-corrected chi connectivity index (χ1v) is 6.55. The largest absolute Gasteiger partial charge is 0.493 e. The first kappa shape index (κ1) is 14.7. The highest BCUT2D eigenvalue weighted by molar-refractivity contribution is 5.77. The summed E-state index contributed by atoms with van der Waals surface area (Å²) >= 11 is 0. The zero-order valence-electron chi connectivity index (χ0n) is 11.7. The highest BCUT2D eigenvalue weighted by atomic mass is 16.5. The summed E-state index contributed by atoms with van der Waals surface area (Å²) in [5.74, 6) is 0.481. The van der Waals surface area contributed by atoms with E-state index in [2.05, 4.69) is 9.97 Å². The second-order valence-electron chi connectivity index (χ2n) is 4.46. The van der Waals surface area contributed by atoms with Crippen molar-refractivity contribution in [3.05, 3.63) is 54.1 Å². The second-order valence-corrected chi connectivity index (χ2v) is 4.46. The lowest BCUT2D eigenvalue weighted by Gasteiger charge is -2.05. The van der Waals surface area contributed by atoms with Crippen molar-refractivity contribution in [1.82, 2.24) is 9.97 Å². The summed E-state index contributed by atoms with van der Waals surface area (Å²) in [6, 6.07) is 9.21. The molecule has 0 bridgehead atoms. The van der Waals surface area contributed by atoms with Gasteiger partial charge >= 0.3 is 5.97 Å². The Balaban J connectivity index is 2.00. The molecule has 0 spiro atoms. The molecular weight excluding hydrogens is 268 g/mol. The number of carboxylic acid groups (broad SMARTS) is 1. The fourth-order valence-electron chi connectivity index (χ4n) is 1.73. The molecule has 0 amide bonds. The molecule has 0 unspecified atom stereocenters. The smallest absolute Gasteiger partial charge is 0.306 e. The molecule has 1 heterocycles. The lowest BCUT2D eigenvalue weighted by Crippen LogP contribution is -2.04. The molecule has 1 aromatic heterocycles. The molecule has 0 saturated heterocycles. The van der Waals surface area contributed by atoms with Crippen molar-refractivity contribution < 1.29 is 14.6 Å². The minimum atomic E-state index is -0.868. The minimum Gasteiger partial charge on any atom is -0.493 e. The maximum atomic E-state index is 10.4. The van der Waals surface area contributed by atoms with Gasteiger partial charge in [0, 0.05) is 12.4 Å². The van der Waals surface area contributed by atoms with Crippen LogP contribution in [0, 0.1) is 0 Å². The molecule has 0 saturated carbocycles. The first-order valence-electron chi connectivity index (χ1n) is 6.55. The van der Waals surface area contributed by atoms with Crippen LogP contribution in [0.3, 0.4) is 0 Å². The van der Waals surface area contributed by atoms with Crippen molar-refractivity contribution in [3.63, 3.8) is 0 Å². The number of hydrogen-bond acceptors (Lipinski definition) is 4. The normalized spacial score (nSPS) is 11.2. The average molecular weight is 284 g/mol. The van der Waals surface area contributed by atoms with Crippen LogP contribution in [0.2, 0.25) is 0 Å². The molecule has 108 valence electrons. The predicted molar refractivity (Wildman–Crippen MR) is 79.8 cm³/mol. The van der Waals surface area contributed by atoms with Gasteiger partial charge in [-0.3, -0.25) is 4.79 Å². The van der Waals surface area contributed by atoms with Crippen molar-refractivity contribution in [1.29, 1.82) is 0 Å². The molecule has 1 N–H and O–H groups in total. The van der Waals surface area contributed by atoms with E-state index in [1.807, 2.05) is 37.3 Å². The molecule has 0 aliphatic rings. The average Bonchev–Trinajstić information content (AvgIpc) is 2.49. The maximum Gasteiger partial charge on any atom is 0.306 e. The SMILES string of the molecule is C/C(=C/c1ccc(OCCC(=O)O)cc1)c1ncccn1. The van der Waals surface area contributed by atoms with Gasteiger partial charge in [0.15, 0.2) is 5.82 Å². The van der Waals surface area contributed by atoms with Gasteiger partial charge in [-0.05, 0) is 42.3 Å². The zero-order valence-corrected chi connectivity index (χ0v) is 11.7. The van der Waals surface area contributed by atoms with E-state index in [9.17, 15) is 4.79 Å². The van der Waals surface area contributed by atoms with Crippen molar-refractivity contribution in [2.45, 2.75) is 13.3 Å². The van der Waals surface area contributed by atoms with E-state index in [1.54, 1.807) is 18.5 Å². The first-order chi connectivity index (χ1) is 10.1. The fourth-order valence-corrected chi connectivity index (χ4v) is 1.73. The van der Waals surface area contributed by atoms with Crippen molar-refractivity contribution in [2.75, 3.05) is 6.61 Å². The van der Waals surface area contributed by atoms with Gasteiger partial charge < -0.3 is 9.84 Å². The second kappa shape index (κ2) is 7.19. The van der Waals surface area contributed by atoms with Crippen LogP contribution < -0.4 is 4.74 Å². The number of carbonyl (C=O) groups is 1. The summed E-state index contributed by atoms with van der Waals surface area (Å²) < 4.78 is 5.34. The summed E-state index contributed by atoms with van der Waals surface area (Å²) in [5, 5.41) is 8.54. The van der Waals surface area contributed by atoms with Crippen LogP contribution in [0.15, 0.2) is 42.7 Å². The third-order valence-corrected chi connectivity index (χ3v) is 2.77.